The molecule has 1 aromatic heterocycles. The first kappa shape index (κ1) is 1.51. The van der Waals surface area contributed by atoms with Crippen molar-refractivity contribution in [3.63, 3.8) is 0 Å². The van der Waals surface area contributed by atoms with Gasteiger partial charge in [-0.05, 0) is 0 Å². The first-order valence-corrected chi connectivity index (χ1v) is 0.810. The third-order valence-electron chi connectivity index (χ3n) is 0.173. The Bertz CT molecular complexity index is 62.6. The summed E-state index contributed by atoms with van der Waals surface area (Å²) in [6.45, 7) is 0. The molecule has 4 heteroatoms. The smallest absolute Gasteiger partial charge is 0.0905 e. The number of aromatic amines is 1. The number of hydrogen-bond acceptors (Lipinski definition) is 2. The lowest BCUT2D eigenvalue weighted by atomic mass is 13.0. The van der Waals surface area contributed by atoms with Crippen molar-refractivity contribution in [2.75, 3.05) is 0 Å². The van der Waals surface area contributed by atoms with Crippen LogP contribution in [-0.4, -0.2) is 15.5 Å². The van der Waals surface area contributed by atoms with E-state index in [1.54, 1.807) is 0 Å². The molecule has 0 unspecified atom stereocenters. The van der Waals surface area contributed by atoms with Gasteiger partial charge in [0, 0.05) is 0 Å². The summed E-state index contributed by atoms with van der Waals surface area (Å²) >= 11 is 0. The zero-order valence-corrected chi connectivity index (χ0v) is 1.80. The van der Waals surface area contributed by atoms with Crippen molar-refractivity contribution in [1.29, 1.82) is 0 Å². The summed E-state index contributed by atoms with van der Waals surface area (Å²) in [6, 6.07) is 0. The van der Waals surface area contributed by atoms with Crippen LogP contribution in [0.25, 0.3) is 0 Å². The first-order chi connectivity index (χ1) is 1.89. The molecule has 0 aliphatic rings. The highest BCUT2D eigenvalue weighted by molar-refractivity contribution is 3.71. The Morgan fingerprint density at radius 1 is 2.00 bits per heavy atom. The van der Waals surface area contributed by atoms with Gasteiger partial charge in [-0.15, -0.1) is 0 Å². The van der Waals surface area contributed by atoms with Crippen LogP contribution in [0.1, 0.15) is 0 Å². The molecular formula is H2N2O2. The lowest BCUT2D eigenvalue weighted by molar-refractivity contribution is 0.108. The molecule has 0 spiro atoms. The lowest BCUT2D eigenvalue weighted by Gasteiger charge is -1.46. The first-order valence-electron chi connectivity index (χ1n) is 0.810. The Hall–Kier alpha value is -0.800. The highest BCUT2D eigenvalue weighted by atomic mass is 16.9. The minimum atomic E-state index is 0.500. The summed E-state index contributed by atoms with van der Waals surface area (Å²) in [5.41, 5.74) is 0. The van der Waals surface area contributed by atoms with Crippen LogP contribution in [0.4, 0.5) is 0 Å². The van der Waals surface area contributed by atoms with Gasteiger partial charge in [-0.3, -0.25) is 0 Å². The van der Waals surface area contributed by atoms with Crippen LogP contribution in [0.5, 0.6) is 0 Å². The van der Waals surface area contributed by atoms with E-state index >= 15 is 0 Å². The van der Waals surface area contributed by atoms with E-state index in [9.17, 15) is 0 Å². The second-order valence-corrected chi connectivity index (χ2v) is 0.456. The van der Waals surface area contributed by atoms with E-state index in [1.807, 2.05) is 5.27 Å². The maximum atomic E-state index is 7.67. The molecule has 0 atom stereocenters. The topological polar surface area (TPSA) is 54.1 Å². The molecule has 0 amide bonds. The standard InChI is InChI=1S/H2N2O2/c3-2-1-4-2/h1,3H. The Morgan fingerprint density at radius 2 is 2.25 bits per heavy atom. The lowest BCUT2D eigenvalue weighted by Crippen LogP contribution is -1.64. The summed E-state index contributed by atoms with van der Waals surface area (Å²) in [7, 11) is 0. The van der Waals surface area contributed by atoms with Crippen molar-refractivity contribution in [2.24, 2.45) is 0 Å². The van der Waals surface area contributed by atoms with Gasteiger partial charge in [-0.25, -0.2) is 4.63 Å². The fourth-order valence-electron chi connectivity index (χ4n) is 0.0183. The van der Waals surface area contributed by atoms with Gasteiger partial charge in [0.25, 0.3) is 0 Å². The van der Waals surface area contributed by atoms with Crippen molar-refractivity contribution in [1.82, 2.24) is 10.3 Å². The Labute approximate surface area is 21.5 Å². The van der Waals surface area contributed by atoms with Crippen LogP contribution in [0.3, 0.4) is 0 Å². The zero-order valence-electron chi connectivity index (χ0n) is 1.80. The van der Waals surface area contributed by atoms with Crippen LogP contribution >= 0.6 is 0 Å². The van der Waals surface area contributed by atoms with Crippen molar-refractivity contribution in [3.05, 3.63) is 0 Å². The molecule has 0 radical (unpaired) electrons. The van der Waals surface area contributed by atoms with Gasteiger partial charge < -0.3 is 5.21 Å². The third kappa shape index (κ3) is 0.00992. The van der Waals surface area contributed by atoms with E-state index < -0.39 is 0 Å². The van der Waals surface area contributed by atoms with Gasteiger partial charge in [0.2, 0.25) is 0 Å². The Balaban J connectivity index is 2.81. The summed E-state index contributed by atoms with van der Waals surface area (Å²) in [5.74, 6) is 0. The van der Waals surface area contributed by atoms with E-state index in [0.717, 1.165) is 0 Å². The zero-order chi connectivity index (χ0) is 2.99. The number of nitrogens with zero attached hydrogens (tertiary/aromatic N) is 1. The summed E-state index contributed by atoms with van der Waals surface area (Å²) < 4.78 is 3.85. The second kappa shape index (κ2) is 0.180. The van der Waals surface area contributed by atoms with Gasteiger partial charge in [0.1, 0.15) is 0 Å². The van der Waals surface area contributed by atoms with E-state index in [4.69, 9.17) is 5.21 Å². The van der Waals surface area contributed by atoms with Crippen LogP contribution in [0.2, 0.25) is 0 Å². The van der Waals surface area contributed by atoms with Crippen LogP contribution in [-0.2, 0) is 0 Å². The summed E-state index contributed by atoms with van der Waals surface area (Å²) in [4.78, 5) is 0. The monoisotopic (exact) mass is 62.0 g/mol. The van der Waals surface area contributed by atoms with Gasteiger partial charge in [0.15, 0.2) is 0 Å². The molecule has 24 valence electrons. The van der Waals surface area contributed by atoms with Crippen molar-refractivity contribution >= 4 is 0 Å². The maximum absolute atomic E-state index is 7.67. The molecule has 1 aromatic rings. The number of hydrogen-bond donors (Lipinski definition) is 2. The highest BCUT2D eigenvalue weighted by Gasteiger charge is 1.77. The van der Waals surface area contributed by atoms with Crippen molar-refractivity contribution in [2.45, 2.75) is 0 Å². The van der Waals surface area contributed by atoms with E-state index in [-0.39, 0.29) is 0 Å². The highest BCUT2D eigenvalue weighted by Crippen LogP contribution is 1.66. The molecule has 0 fully saturated rings. The van der Waals surface area contributed by atoms with Crippen molar-refractivity contribution in [3.8, 4) is 0 Å². The molecule has 0 aromatic carbocycles. The largest absolute Gasteiger partial charge is 0.383 e. The maximum Gasteiger partial charge on any atom is 0.0905 e. The van der Waals surface area contributed by atoms with Gasteiger partial charge >= 0.3 is 0 Å². The van der Waals surface area contributed by atoms with E-state index in [2.05, 4.69) is 4.63 Å². The fourth-order valence-corrected chi connectivity index (χ4v) is 0.0183. The van der Waals surface area contributed by atoms with E-state index in [1.165, 1.54) is 0 Å². The molecule has 0 aliphatic carbocycles. The van der Waals surface area contributed by atoms with E-state index in [0.29, 0.717) is 5.02 Å². The minimum absolute atomic E-state index is 0.500. The second-order valence-electron chi connectivity index (χ2n) is 0.456. The average Bonchev–Trinajstić information content (AvgIpc) is 1.75. The summed E-state index contributed by atoms with van der Waals surface area (Å²) in [5, 5.41) is 10.2. The predicted octanol–water partition coefficient (Wildman–Crippen LogP) is -0.354. The normalized spacial score (nSPS) is 9.00. The Morgan fingerprint density at radius 3 is 2.25 bits per heavy atom. The third-order valence-corrected chi connectivity index (χ3v) is 0.173. The summed E-state index contributed by atoms with van der Waals surface area (Å²) in [6.07, 6.45) is 0. The molecule has 1 rings (SSSR count). The SMILES string of the molecule is On1[nH]o1. The molecule has 1 heterocycles. The number of H-pyrrole nitrogens is 1. The molecule has 4 heavy (non-hydrogen) atoms. The van der Waals surface area contributed by atoms with Crippen LogP contribution in [0, 0.1) is 0 Å². The van der Waals surface area contributed by atoms with Gasteiger partial charge in [-0.1, -0.05) is 5.27 Å². The van der Waals surface area contributed by atoms with Crippen LogP contribution < -0.4 is 0 Å². The minimum Gasteiger partial charge on any atom is -0.383 e. The predicted molar refractivity (Wildman–Crippen MR) is 8.23 cm³/mol. The molecule has 0 bridgehead atoms. The van der Waals surface area contributed by atoms with Gasteiger partial charge in [0.05, 0.1) is 5.02 Å². The molecule has 0 aliphatic heterocycles. The molecular weight excluding hydrogens is 60.0 g/mol. The number of aromatic nitrogens is 2. The number of nitrogens with one attached hydrogen (secondary N) is 1. The quantitative estimate of drug-likeness (QED) is 0.403. The molecule has 2 N–H and O–H groups in total. The molecule has 0 saturated carbocycles. The fraction of sp³-hybridized carbons (Fsp3) is 0. The molecule has 4 nitrogen and oxygen atoms in total. The molecule has 0 saturated heterocycles. The van der Waals surface area contributed by atoms with Crippen molar-refractivity contribution < 1.29 is 9.84 Å². The average molecular weight is 62.0 g/mol. The van der Waals surface area contributed by atoms with Crippen LogP contribution in [0.15, 0.2) is 4.63 Å². The Kier molecular flexibility index (Phi) is 0.0679. The van der Waals surface area contributed by atoms with Gasteiger partial charge in [-0.2, -0.15) is 0 Å². The number of rotatable bonds is 0.